The zero-order chi connectivity index (χ0) is 9.47. The maximum atomic E-state index is 3.48. The predicted molar refractivity (Wildman–Crippen MR) is 61.1 cm³/mol. The Balaban J connectivity index is 1.87. The zero-order valence-corrected chi connectivity index (χ0v) is 10.4. The second kappa shape index (κ2) is 3.37. The van der Waals surface area contributed by atoms with E-state index in [9.17, 15) is 0 Å². The summed E-state index contributed by atoms with van der Waals surface area (Å²) < 4.78 is 1.24. The Kier molecular flexibility index (Phi) is 2.51. The summed E-state index contributed by atoms with van der Waals surface area (Å²) in [6.45, 7) is 8.26. The molecule has 0 amide bonds. The second-order valence-corrected chi connectivity index (χ2v) is 7.06. The van der Waals surface area contributed by atoms with Gasteiger partial charge in [-0.25, -0.2) is 0 Å². The molecular formula is C10H14BrNS. The molecule has 13 heavy (non-hydrogen) atoms. The summed E-state index contributed by atoms with van der Waals surface area (Å²) >= 11 is 5.32. The topological polar surface area (TPSA) is 3.24 Å². The van der Waals surface area contributed by atoms with Crippen LogP contribution in [0.1, 0.15) is 18.7 Å². The highest BCUT2D eigenvalue weighted by Gasteiger charge is 2.33. The molecule has 1 aliphatic rings. The first-order valence-electron chi connectivity index (χ1n) is 4.52. The lowest BCUT2D eigenvalue weighted by atomic mass is 9.84. The van der Waals surface area contributed by atoms with Crippen LogP contribution in [0.5, 0.6) is 0 Å². The van der Waals surface area contributed by atoms with Crippen molar-refractivity contribution in [3.05, 3.63) is 20.8 Å². The molecule has 2 rings (SSSR count). The average Bonchev–Trinajstić information content (AvgIpc) is 2.31. The van der Waals surface area contributed by atoms with Gasteiger partial charge in [-0.05, 0) is 33.5 Å². The highest BCUT2D eigenvalue weighted by atomic mass is 79.9. The maximum absolute atomic E-state index is 3.48. The fourth-order valence-electron chi connectivity index (χ4n) is 1.93. The summed E-state index contributed by atoms with van der Waals surface area (Å²) in [5, 5.41) is 0. The Labute approximate surface area is 91.9 Å². The van der Waals surface area contributed by atoms with Crippen LogP contribution in [0.15, 0.2) is 15.9 Å². The van der Waals surface area contributed by atoms with Gasteiger partial charge in [0, 0.05) is 24.5 Å². The molecule has 72 valence electrons. The standard InChI is InChI=1S/C10H14BrNS/c1-10(2)6-12(7-10)5-8-3-4-9(11)13-8/h3-4H,5-7H2,1-2H3. The number of nitrogens with zero attached hydrogens (tertiary/aromatic N) is 1. The van der Waals surface area contributed by atoms with Crippen LogP contribution in [0.2, 0.25) is 0 Å². The largest absolute Gasteiger partial charge is 0.297 e. The molecule has 0 radical (unpaired) electrons. The fraction of sp³-hybridized carbons (Fsp3) is 0.600. The van der Waals surface area contributed by atoms with Crippen molar-refractivity contribution >= 4 is 27.3 Å². The Morgan fingerprint density at radius 3 is 2.62 bits per heavy atom. The molecular weight excluding hydrogens is 246 g/mol. The van der Waals surface area contributed by atoms with E-state index in [0.29, 0.717) is 5.41 Å². The number of halogens is 1. The van der Waals surface area contributed by atoms with Gasteiger partial charge < -0.3 is 0 Å². The number of hydrogen-bond donors (Lipinski definition) is 0. The summed E-state index contributed by atoms with van der Waals surface area (Å²) in [7, 11) is 0. The third kappa shape index (κ3) is 2.33. The monoisotopic (exact) mass is 259 g/mol. The molecule has 0 aromatic carbocycles. The van der Waals surface area contributed by atoms with Gasteiger partial charge in [0.2, 0.25) is 0 Å². The zero-order valence-electron chi connectivity index (χ0n) is 8.01. The van der Waals surface area contributed by atoms with E-state index < -0.39 is 0 Å². The van der Waals surface area contributed by atoms with Crippen molar-refractivity contribution < 1.29 is 0 Å². The van der Waals surface area contributed by atoms with Crippen molar-refractivity contribution in [2.45, 2.75) is 20.4 Å². The molecule has 0 saturated carbocycles. The second-order valence-electron chi connectivity index (χ2n) is 4.52. The van der Waals surface area contributed by atoms with Gasteiger partial charge in [-0.2, -0.15) is 0 Å². The van der Waals surface area contributed by atoms with E-state index in [1.165, 1.54) is 21.8 Å². The minimum atomic E-state index is 0.550. The quantitative estimate of drug-likeness (QED) is 0.788. The molecule has 2 heterocycles. The lowest BCUT2D eigenvalue weighted by Crippen LogP contribution is -2.51. The summed E-state index contributed by atoms with van der Waals surface area (Å²) in [6.07, 6.45) is 0. The van der Waals surface area contributed by atoms with Gasteiger partial charge >= 0.3 is 0 Å². The molecule has 0 aliphatic carbocycles. The van der Waals surface area contributed by atoms with Crippen LogP contribution in [0.3, 0.4) is 0 Å². The average molecular weight is 260 g/mol. The van der Waals surface area contributed by atoms with Crippen LogP contribution >= 0.6 is 27.3 Å². The number of rotatable bonds is 2. The number of hydrogen-bond acceptors (Lipinski definition) is 2. The van der Waals surface area contributed by atoms with Crippen LogP contribution < -0.4 is 0 Å². The summed E-state index contributed by atoms with van der Waals surface area (Å²) in [6, 6.07) is 4.34. The van der Waals surface area contributed by atoms with Crippen LogP contribution in [0.25, 0.3) is 0 Å². The molecule has 3 heteroatoms. The molecule has 1 aliphatic heterocycles. The highest BCUT2D eigenvalue weighted by Crippen LogP contribution is 2.32. The van der Waals surface area contributed by atoms with Gasteiger partial charge in [-0.1, -0.05) is 13.8 Å². The van der Waals surface area contributed by atoms with Gasteiger partial charge in [-0.3, -0.25) is 4.90 Å². The van der Waals surface area contributed by atoms with Gasteiger partial charge in [-0.15, -0.1) is 11.3 Å². The minimum absolute atomic E-state index is 0.550. The molecule has 0 atom stereocenters. The smallest absolute Gasteiger partial charge is 0.0701 e. The van der Waals surface area contributed by atoms with E-state index in [4.69, 9.17) is 0 Å². The first kappa shape index (κ1) is 9.69. The van der Waals surface area contributed by atoms with Gasteiger partial charge in [0.25, 0.3) is 0 Å². The fourth-order valence-corrected chi connectivity index (χ4v) is 3.46. The van der Waals surface area contributed by atoms with Gasteiger partial charge in [0.05, 0.1) is 3.79 Å². The first-order chi connectivity index (χ1) is 6.05. The van der Waals surface area contributed by atoms with Crippen molar-refractivity contribution in [3.63, 3.8) is 0 Å². The van der Waals surface area contributed by atoms with E-state index in [1.54, 1.807) is 0 Å². The van der Waals surface area contributed by atoms with Gasteiger partial charge in [0.1, 0.15) is 0 Å². The first-order valence-corrected chi connectivity index (χ1v) is 6.13. The summed E-state index contributed by atoms with van der Waals surface area (Å²) in [4.78, 5) is 3.96. The molecule has 1 fully saturated rings. The molecule has 0 N–H and O–H groups in total. The van der Waals surface area contributed by atoms with Crippen LogP contribution in [-0.2, 0) is 6.54 Å². The Morgan fingerprint density at radius 1 is 1.46 bits per heavy atom. The van der Waals surface area contributed by atoms with Crippen molar-refractivity contribution in [2.75, 3.05) is 13.1 Å². The van der Waals surface area contributed by atoms with Crippen molar-refractivity contribution in [3.8, 4) is 0 Å². The van der Waals surface area contributed by atoms with E-state index >= 15 is 0 Å². The lowest BCUT2D eigenvalue weighted by molar-refractivity contribution is 0.0251. The summed E-state index contributed by atoms with van der Waals surface area (Å²) in [5.74, 6) is 0. The van der Waals surface area contributed by atoms with Crippen LogP contribution in [0, 0.1) is 5.41 Å². The van der Waals surface area contributed by atoms with Crippen LogP contribution in [-0.4, -0.2) is 18.0 Å². The third-order valence-corrected chi connectivity index (χ3v) is 3.92. The SMILES string of the molecule is CC1(C)CN(Cc2ccc(Br)s2)C1. The van der Waals surface area contributed by atoms with Gasteiger partial charge in [0.15, 0.2) is 0 Å². The van der Waals surface area contributed by atoms with Crippen molar-refractivity contribution in [1.82, 2.24) is 4.90 Å². The maximum Gasteiger partial charge on any atom is 0.0701 e. The van der Waals surface area contributed by atoms with Crippen molar-refractivity contribution in [2.24, 2.45) is 5.41 Å². The normalized spacial score (nSPS) is 21.5. The minimum Gasteiger partial charge on any atom is -0.297 e. The van der Waals surface area contributed by atoms with Crippen molar-refractivity contribution in [1.29, 1.82) is 0 Å². The Morgan fingerprint density at radius 2 is 2.15 bits per heavy atom. The molecule has 0 unspecified atom stereocenters. The van der Waals surface area contributed by atoms with E-state index in [0.717, 1.165) is 6.54 Å². The van der Waals surface area contributed by atoms with E-state index in [2.05, 4.69) is 46.8 Å². The molecule has 1 aromatic rings. The molecule has 1 aromatic heterocycles. The summed E-state index contributed by atoms with van der Waals surface area (Å²) in [5.41, 5.74) is 0.550. The number of likely N-dealkylation sites (tertiary alicyclic amines) is 1. The predicted octanol–water partition coefficient (Wildman–Crippen LogP) is 3.35. The molecule has 0 bridgehead atoms. The third-order valence-electron chi connectivity index (χ3n) is 2.31. The molecule has 1 saturated heterocycles. The lowest BCUT2D eigenvalue weighted by Gasteiger charge is -2.45. The van der Waals surface area contributed by atoms with E-state index in [1.807, 2.05) is 11.3 Å². The Hall–Kier alpha value is 0.140. The highest BCUT2D eigenvalue weighted by molar-refractivity contribution is 9.11. The Bertz CT molecular complexity index is 298. The number of thiophene rings is 1. The van der Waals surface area contributed by atoms with Crippen LogP contribution in [0.4, 0.5) is 0 Å². The van der Waals surface area contributed by atoms with E-state index in [-0.39, 0.29) is 0 Å². The molecule has 1 nitrogen and oxygen atoms in total. The molecule has 0 spiro atoms.